The van der Waals surface area contributed by atoms with Crippen LogP contribution in [0, 0.1) is 5.82 Å². The topological polar surface area (TPSA) is 52.0 Å². The van der Waals surface area contributed by atoms with Crippen molar-refractivity contribution in [3.8, 4) is 5.75 Å². The molecule has 0 saturated carbocycles. The summed E-state index contributed by atoms with van der Waals surface area (Å²) in [5.41, 5.74) is 3.74. The third-order valence-corrected chi connectivity index (χ3v) is 7.00. The molecular weight excluding hydrogens is 494 g/mol. The highest BCUT2D eigenvalue weighted by atomic mass is 35.5. The Morgan fingerprint density at radius 2 is 1.79 bits per heavy atom. The van der Waals surface area contributed by atoms with Gasteiger partial charge in [-0.2, -0.15) is 4.98 Å². The van der Waals surface area contributed by atoms with Crippen LogP contribution in [0.3, 0.4) is 0 Å². The summed E-state index contributed by atoms with van der Waals surface area (Å²) in [5, 5.41) is 9.89. The Morgan fingerprint density at radius 3 is 2.56 bits per heavy atom. The van der Waals surface area contributed by atoms with Gasteiger partial charge in [-0.3, -0.25) is 0 Å². The molecule has 2 atom stereocenters. The maximum Gasteiger partial charge on any atom is 0.227 e. The van der Waals surface area contributed by atoms with Gasteiger partial charge in [-0.15, -0.1) is 5.10 Å². The summed E-state index contributed by atoms with van der Waals surface area (Å²) < 4.78 is 23.5. The smallest absolute Gasteiger partial charge is 0.227 e. The first-order valence-electron chi connectivity index (χ1n) is 10.5. The van der Waals surface area contributed by atoms with Crippen molar-refractivity contribution < 1.29 is 9.13 Å². The molecule has 5 nitrogen and oxygen atoms in total. The Morgan fingerprint density at radius 1 is 1.03 bits per heavy atom. The van der Waals surface area contributed by atoms with Crippen LogP contribution in [0.2, 0.25) is 10.0 Å². The molecule has 1 N–H and O–H groups in total. The monoisotopic (exact) mass is 510 g/mol. The summed E-state index contributed by atoms with van der Waals surface area (Å²) >= 11 is 14.0. The van der Waals surface area contributed by atoms with Crippen LogP contribution in [0.1, 0.15) is 28.8 Å². The Hall–Kier alpha value is -3.00. The van der Waals surface area contributed by atoms with E-state index in [4.69, 9.17) is 27.9 Å². The van der Waals surface area contributed by atoms with E-state index < -0.39 is 12.1 Å². The summed E-state index contributed by atoms with van der Waals surface area (Å²) in [7, 11) is 0. The molecule has 0 saturated heterocycles. The number of hydrogen-bond donors (Lipinski definition) is 1. The van der Waals surface area contributed by atoms with E-state index in [1.165, 1.54) is 17.8 Å². The highest BCUT2D eigenvalue weighted by Gasteiger charge is 2.42. The second kappa shape index (κ2) is 8.34. The molecule has 2 aliphatic heterocycles. The van der Waals surface area contributed by atoms with Crippen molar-refractivity contribution in [2.75, 3.05) is 11.6 Å². The van der Waals surface area contributed by atoms with Crippen LogP contribution in [0.4, 0.5) is 10.3 Å². The van der Waals surface area contributed by atoms with Crippen molar-refractivity contribution in [3.63, 3.8) is 0 Å². The SMILES string of the molecule is CSc1nc2n(n1)C(c1ccccc1F)C1=C(N2)c2cc(Cl)ccc2OC1c1ccc(Cl)cc1. The van der Waals surface area contributed by atoms with E-state index in [1.54, 1.807) is 22.9 Å². The normalized spacial score (nSPS) is 18.5. The zero-order valence-corrected chi connectivity index (χ0v) is 20.1. The lowest BCUT2D eigenvalue weighted by molar-refractivity contribution is 0.222. The molecule has 3 aromatic carbocycles. The minimum atomic E-state index is -0.589. The molecule has 0 aliphatic carbocycles. The van der Waals surface area contributed by atoms with Crippen molar-refractivity contribution in [1.82, 2.24) is 14.8 Å². The van der Waals surface area contributed by atoms with Crippen molar-refractivity contribution in [2.45, 2.75) is 17.3 Å². The molecule has 0 radical (unpaired) electrons. The molecule has 2 unspecified atom stereocenters. The molecule has 1 aromatic heterocycles. The van der Waals surface area contributed by atoms with Crippen LogP contribution in [0.15, 0.2) is 77.5 Å². The first-order chi connectivity index (χ1) is 16.5. The van der Waals surface area contributed by atoms with Gasteiger partial charge in [-0.25, -0.2) is 9.07 Å². The lowest BCUT2D eigenvalue weighted by atomic mass is 9.84. The number of hydrogen-bond acceptors (Lipinski definition) is 5. The zero-order valence-electron chi connectivity index (χ0n) is 17.8. The van der Waals surface area contributed by atoms with Crippen molar-refractivity contribution >= 4 is 46.6 Å². The molecule has 2 aliphatic rings. The summed E-state index contributed by atoms with van der Waals surface area (Å²) in [4.78, 5) is 4.63. The predicted molar refractivity (Wildman–Crippen MR) is 133 cm³/mol. The second-order valence-electron chi connectivity index (χ2n) is 7.94. The summed E-state index contributed by atoms with van der Waals surface area (Å²) in [6, 6.07) is 19.1. The zero-order chi connectivity index (χ0) is 23.4. The Kier molecular flexibility index (Phi) is 5.28. The van der Waals surface area contributed by atoms with Gasteiger partial charge in [0.05, 0.1) is 5.70 Å². The number of thioether (sulfide) groups is 1. The number of rotatable bonds is 3. The van der Waals surface area contributed by atoms with E-state index in [9.17, 15) is 0 Å². The van der Waals surface area contributed by atoms with E-state index in [0.717, 1.165) is 22.4 Å². The van der Waals surface area contributed by atoms with Crippen LogP contribution >= 0.6 is 35.0 Å². The Balaban J connectivity index is 1.66. The van der Waals surface area contributed by atoms with Gasteiger partial charge < -0.3 is 10.1 Å². The molecule has 0 amide bonds. The van der Waals surface area contributed by atoms with Crippen molar-refractivity contribution in [1.29, 1.82) is 0 Å². The molecule has 0 fully saturated rings. The third kappa shape index (κ3) is 3.47. The second-order valence-corrected chi connectivity index (χ2v) is 9.58. The first kappa shape index (κ1) is 21.5. The average Bonchev–Trinajstić information content (AvgIpc) is 3.26. The van der Waals surface area contributed by atoms with Gasteiger partial charge in [0.15, 0.2) is 0 Å². The van der Waals surface area contributed by atoms with Crippen LogP contribution in [0.25, 0.3) is 5.70 Å². The van der Waals surface area contributed by atoms with E-state index in [-0.39, 0.29) is 5.82 Å². The maximum atomic E-state index is 15.3. The van der Waals surface area contributed by atoms with E-state index in [2.05, 4.69) is 15.4 Å². The van der Waals surface area contributed by atoms with E-state index >= 15 is 4.39 Å². The molecule has 170 valence electrons. The van der Waals surface area contributed by atoms with Gasteiger partial charge in [0.1, 0.15) is 23.7 Å². The highest BCUT2D eigenvalue weighted by Crippen LogP contribution is 2.51. The molecule has 4 aromatic rings. The number of ether oxygens (including phenoxy) is 1. The minimum absolute atomic E-state index is 0.333. The molecular formula is C25H17Cl2FN4OS. The molecule has 0 bridgehead atoms. The van der Waals surface area contributed by atoms with Crippen LogP contribution < -0.4 is 10.1 Å². The standard InChI is InChI=1S/C25H17Cl2FN4OS/c1-34-25-30-24-29-21-17-12-15(27)10-11-19(17)33-23(13-6-8-14(26)9-7-13)20(21)22(32(24)31-25)16-4-2-3-5-18(16)28/h2-12,22-23H,1H3,(H,29,30,31). The molecule has 9 heteroatoms. The lowest BCUT2D eigenvalue weighted by Gasteiger charge is -2.39. The maximum absolute atomic E-state index is 15.3. The number of fused-ring (bicyclic) bond motifs is 3. The van der Waals surface area contributed by atoms with Crippen molar-refractivity contribution in [3.05, 3.63) is 105 Å². The van der Waals surface area contributed by atoms with Crippen LogP contribution in [-0.2, 0) is 0 Å². The Labute approximate surface area is 209 Å². The van der Waals surface area contributed by atoms with Gasteiger partial charge in [-0.05, 0) is 48.2 Å². The fourth-order valence-electron chi connectivity index (χ4n) is 4.48. The minimum Gasteiger partial charge on any atom is -0.480 e. The summed E-state index contributed by atoms with van der Waals surface area (Å²) in [6.45, 7) is 0. The number of anilines is 1. The van der Waals surface area contributed by atoms with Crippen LogP contribution in [0.5, 0.6) is 5.75 Å². The summed E-state index contributed by atoms with van der Waals surface area (Å²) in [5.74, 6) is 0.861. The lowest BCUT2D eigenvalue weighted by Crippen LogP contribution is -2.32. The predicted octanol–water partition coefficient (Wildman–Crippen LogP) is 7.01. The number of nitrogens with zero attached hydrogens (tertiary/aromatic N) is 3. The van der Waals surface area contributed by atoms with Crippen LogP contribution in [-0.4, -0.2) is 21.0 Å². The fraction of sp³-hybridized carbons (Fsp3) is 0.120. The third-order valence-electron chi connectivity index (χ3n) is 5.97. The van der Waals surface area contributed by atoms with E-state index in [1.807, 2.05) is 48.7 Å². The van der Waals surface area contributed by atoms with Gasteiger partial charge in [0, 0.05) is 26.7 Å². The summed E-state index contributed by atoms with van der Waals surface area (Å²) in [6.07, 6.45) is 1.38. The fourth-order valence-corrected chi connectivity index (χ4v) is 5.12. The van der Waals surface area contributed by atoms with Gasteiger partial charge in [0.2, 0.25) is 11.1 Å². The van der Waals surface area contributed by atoms with Gasteiger partial charge in [0.25, 0.3) is 0 Å². The average molecular weight is 511 g/mol. The first-order valence-corrected chi connectivity index (χ1v) is 12.5. The van der Waals surface area contributed by atoms with Crippen molar-refractivity contribution in [2.24, 2.45) is 0 Å². The van der Waals surface area contributed by atoms with Gasteiger partial charge in [-0.1, -0.05) is 65.3 Å². The highest BCUT2D eigenvalue weighted by molar-refractivity contribution is 7.98. The largest absolute Gasteiger partial charge is 0.480 e. The number of halogens is 3. The van der Waals surface area contributed by atoms with Gasteiger partial charge >= 0.3 is 0 Å². The van der Waals surface area contributed by atoms with E-state index in [0.29, 0.717) is 32.5 Å². The number of benzene rings is 3. The number of aromatic nitrogens is 3. The Bertz CT molecular complexity index is 1450. The quantitative estimate of drug-likeness (QED) is 0.300. The molecule has 6 rings (SSSR count). The number of nitrogens with one attached hydrogen (secondary N) is 1. The molecule has 3 heterocycles. The molecule has 0 spiro atoms. The molecule has 34 heavy (non-hydrogen) atoms.